The summed E-state index contributed by atoms with van der Waals surface area (Å²) in [6.07, 6.45) is 3.84. The van der Waals surface area contributed by atoms with Crippen molar-refractivity contribution in [3.8, 4) is 11.8 Å². The van der Waals surface area contributed by atoms with Gasteiger partial charge >= 0.3 is 6.01 Å². The summed E-state index contributed by atoms with van der Waals surface area (Å²) in [5.41, 5.74) is 1.62. The molecule has 3 heterocycles. The van der Waals surface area contributed by atoms with Gasteiger partial charge in [-0.1, -0.05) is 36.4 Å². The molecular weight excluding hydrogens is 437 g/mol. The number of hydrogen-bond acceptors (Lipinski definition) is 6. The Kier molecular flexibility index (Phi) is 6.27. The molecule has 2 aromatic carbocycles. The lowest BCUT2D eigenvalue weighted by Crippen LogP contribution is -2.31. The Morgan fingerprint density at radius 2 is 2.00 bits per heavy atom. The third-order valence-corrected chi connectivity index (χ3v) is 6.18. The van der Waals surface area contributed by atoms with Crippen LogP contribution in [0.3, 0.4) is 0 Å². The predicted octanol–water partition coefficient (Wildman–Crippen LogP) is 3.20. The number of hydrogen-bond donors (Lipinski definition) is 1. The molecule has 0 saturated carbocycles. The summed E-state index contributed by atoms with van der Waals surface area (Å²) in [5, 5.41) is 4.43. The number of halogens is 1. The van der Waals surface area contributed by atoms with Crippen LogP contribution in [0.25, 0.3) is 5.65 Å². The van der Waals surface area contributed by atoms with Gasteiger partial charge in [-0.3, -0.25) is 9.78 Å². The highest BCUT2D eigenvalue weighted by Crippen LogP contribution is 2.26. The molecule has 1 saturated heterocycles. The van der Waals surface area contributed by atoms with Crippen LogP contribution in [0.4, 0.5) is 4.39 Å². The normalized spacial score (nSPS) is 16.2. The first-order chi connectivity index (χ1) is 16.6. The van der Waals surface area contributed by atoms with Crippen molar-refractivity contribution >= 4 is 5.65 Å². The SMILES string of the molecule is CN1CCCC1COc1nn2c(Cc3c(F)cccc3OCc3ccccc3)cnc2c(=O)[nH]1. The zero-order valence-electron chi connectivity index (χ0n) is 18.9. The smallest absolute Gasteiger partial charge is 0.314 e. The number of likely N-dealkylation sites (N-methyl/N-ethyl adjacent to an activating group) is 1. The molecule has 1 atom stereocenters. The van der Waals surface area contributed by atoms with Crippen LogP contribution < -0.4 is 15.0 Å². The Balaban J connectivity index is 1.39. The number of nitrogens with zero attached hydrogens (tertiary/aromatic N) is 4. The minimum absolute atomic E-state index is 0.117. The number of nitrogens with one attached hydrogen (secondary N) is 1. The van der Waals surface area contributed by atoms with E-state index in [0.29, 0.717) is 30.2 Å². The van der Waals surface area contributed by atoms with Gasteiger partial charge in [-0.05, 0) is 44.1 Å². The van der Waals surface area contributed by atoms with E-state index in [2.05, 4.69) is 27.0 Å². The lowest BCUT2D eigenvalue weighted by molar-refractivity contribution is 0.185. The first-order valence-corrected chi connectivity index (χ1v) is 11.3. The van der Waals surface area contributed by atoms with Gasteiger partial charge in [0, 0.05) is 18.0 Å². The number of H-pyrrole nitrogens is 1. The van der Waals surface area contributed by atoms with Gasteiger partial charge in [0.05, 0.1) is 11.9 Å². The number of likely N-dealkylation sites (tertiary alicyclic amines) is 1. The average Bonchev–Trinajstić information content (AvgIpc) is 3.45. The standard InChI is InChI=1S/C25H26FN5O3/c1-30-12-6-9-18(30)16-34-25-28-24(32)23-27-14-19(31(23)29-25)13-20-21(26)10-5-11-22(20)33-15-17-7-3-2-4-8-17/h2-5,7-8,10-11,14,18H,6,9,12-13,15-16H2,1H3,(H,28,29,32). The van der Waals surface area contributed by atoms with Crippen LogP contribution in [-0.4, -0.2) is 50.7 Å². The quantitative estimate of drug-likeness (QED) is 0.432. The number of benzene rings is 2. The number of rotatable bonds is 8. The van der Waals surface area contributed by atoms with Crippen LogP contribution in [0.1, 0.15) is 29.7 Å². The van der Waals surface area contributed by atoms with E-state index in [4.69, 9.17) is 9.47 Å². The molecule has 1 aliphatic rings. The van der Waals surface area contributed by atoms with E-state index in [1.54, 1.807) is 12.1 Å². The summed E-state index contributed by atoms with van der Waals surface area (Å²) in [4.78, 5) is 21.6. The highest BCUT2D eigenvalue weighted by atomic mass is 19.1. The molecule has 2 aromatic heterocycles. The molecule has 4 aromatic rings. The van der Waals surface area contributed by atoms with E-state index in [0.717, 1.165) is 24.9 Å². The van der Waals surface area contributed by atoms with Crippen LogP contribution in [0.15, 0.2) is 59.5 Å². The van der Waals surface area contributed by atoms with Crippen molar-refractivity contribution in [1.29, 1.82) is 0 Å². The number of aromatic amines is 1. The van der Waals surface area contributed by atoms with E-state index < -0.39 is 11.4 Å². The molecule has 1 fully saturated rings. The molecule has 34 heavy (non-hydrogen) atoms. The summed E-state index contributed by atoms with van der Waals surface area (Å²) >= 11 is 0. The Morgan fingerprint density at radius 3 is 2.79 bits per heavy atom. The fourth-order valence-corrected chi connectivity index (χ4v) is 4.23. The Bertz CT molecular complexity index is 1340. The molecule has 0 radical (unpaired) electrons. The van der Waals surface area contributed by atoms with E-state index in [9.17, 15) is 9.18 Å². The maximum absolute atomic E-state index is 14.8. The van der Waals surface area contributed by atoms with Crippen LogP contribution in [0, 0.1) is 5.82 Å². The van der Waals surface area contributed by atoms with Crippen molar-refractivity contribution in [2.75, 3.05) is 20.2 Å². The van der Waals surface area contributed by atoms with E-state index >= 15 is 0 Å². The summed E-state index contributed by atoms with van der Waals surface area (Å²) in [6, 6.07) is 14.8. The predicted molar refractivity (Wildman–Crippen MR) is 125 cm³/mol. The van der Waals surface area contributed by atoms with Gasteiger partial charge in [-0.2, -0.15) is 0 Å². The zero-order valence-corrected chi connectivity index (χ0v) is 18.9. The number of aromatic nitrogens is 4. The monoisotopic (exact) mass is 463 g/mol. The molecule has 0 bridgehead atoms. The molecular formula is C25H26FN5O3. The van der Waals surface area contributed by atoms with Gasteiger partial charge in [-0.15, -0.1) is 5.10 Å². The third-order valence-electron chi connectivity index (χ3n) is 6.18. The topological polar surface area (TPSA) is 84.8 Å². The summed E-state index contributed by atoms with van der Waals surface area (Å²) in [7, 11) is 2.06. The van der Waals surface area contributed by atoms with Crippen LogP contribution >= 0.6 is 0 Å². The summed E-state index contributed by atoms with van der Waals surface area (Å²) in [5.74, 6) is 0.0375. The molecule has 0 spiro atoms. The minimum atomic E-state index is -0.412. The van der Waals surface area contributed by atoms with Crippen molar-refractivity contribution < 1.29 is 13.9 Å². The maximum Gasteiger partial charge on any atom is 0.314 e. The van der Waals surface area contributed by atoms with Crippen LogP contribution in [0.2, 0.25) is 0 Å². The minimum Gasteiger partial charge on any atom is -0.489 e. The van der Waals surface area contributed by atoms with Crippen molar-refractivity contribution in [2.45, 2.75) is 31.9 Å². The molecule has 1 unspecified atom stereocenters. The van der Waals surface area contributed by atoms with E-state index in [1.807, 2.05) is 30.3 Å². The van der Waals surface area contributed by atoms with Gasteiger partial charge < -0.3 is 14.4 Å². The Morgan fingerprint density at radius 1 is 1.15 bits per heavy atom. The molecule has 5 rings (SSSR count). The first kappa shape index (κ1) is 22.1. The van der Waals surface area contributed by atoms with Gasteiger partial charge in [0.1, 0.15) is 24.8 Å². The van der Waals surface area contributed by atoms with Gasteiger partial charge in [-0.25, -0.2) is 13.9 Å². The second-order valence-electron chi connectivity index (χ2n) is 8.50. The number of ether oxygens (including phenoxy) is 2. The highest BCUT2D eigenvalue weighted by Gasteiger charge is 2.22. The second-order valence-corrected chi connectivity index (χ2v) is 8.50. The third kappa shape index (κ3) is 4.65. The second kappa shape index (κ2) is 9.64. The Hall–Kier alpha value is -3.72. The van der Waals surface area contributed by atoms with Crippen LogP contribution in [0.5, 0.6) is 11.8 Å². The van der Waals surface area contributed by atoms with Crippen molar-refractivity contribution in [3.05, 3.63) is 87.7 Å². The highest BCUT2D eigenvalue weighted by molar-refractivity contribution is 5.41. The first-order valence-electron chi connectivity index (χ1n) is 11.3. The molecule has 8 nitrogen and oxygen atoms in total. The summed E-state index contributed by atoms with van der Waals surface area (Å²) in [6.45, 7) is 1.77. The molecule has 0 amide bonds. The molecule has 176 valence electrons. The molecule has 1 N–H and O–H groups in total. The Labute approximate surface area is 196 Å². The molecule has 0 aliphatic carbocycles. The molecule has 1 aliphatic heterocycles. The van der Waals surface area contributed by atoms with Crippen molar-refractivity contribution in [2.24, 2.45) is 0 Å². The fraction of sp³-hybridized carbons (Fsp3) is 0.320. The van der Waals surface area contributed by atoms with Gasteiger partial charge in [0.15, 0.2) is 0 Å². The van der Waals surface area contributed by atoms with Crippen LogP contribution in [-0.2, 0) is 13.0 Å². The number of fused-ring (bicyclic) bond motifs is 1. The van der Waals surface area contributed by atoms with Gasteiger partial charge in [0.25, 0.3) is 5.56 Å². The van der Waals surface area contributed by atoms with Gasteiger partial charge in [0.2, 0.25) is 5.65 Å². The van der Waals surface area contributed by atoms with Crippen molar-refractivity contribution in [3.63, 3.8) is 0 Å². The maximum atomic E-state index is 14.8. The van der Waals surface area contributed by atoms with E-state index in [-0.39, 0.29) is 24.1 Å². The lowest BCUT2D eigenvalue weighted by atomic mass is 10.1. The summed E-state index contributed by atoms with van der Waals surface area (Å²) < 4.78 is 28.0. The lowest BCUT2D eigenvalue weighted by Gasteiger charge is -2.18. The molecule has 9 heteroatoms. The zero-order chi connectivity index (χ0) is 23.5. The fourth-order valence-electron chi connectivity index (χ4n) is 4.23. The average molecular weight is 464 g/mol. The van der Waals surface area contributed by atoms with Crippen molar-refractivity contribution in [1.82, 2.24) is 24.5 Å². The number of imidazole rings is 1. The van der Waals surface area contributed by atoms with E-state index in [1.165, 1.54) is 16.8 Å². The largest absolute Gasteiger partial charge is 0.489 e.